The van der Waals surface area contributed by atoms with E-state index < -0.39 is 11.5 Å². The molecule has 0 bridgehead atoms. The zero-order valence-electron chi connectivity index (χ0n) is 12.9. The molecule has 6 heteroatoms. The molecule has 0 aromatic carbocycles. The molecule has 2 fully saturated rings. The Kier molecular flexibility index (Phi) is 5.08. The van der Waals surface area contributed by atoms with Gasteiger partial charge in [0.25, 0.3) is 0 Å². The Balaban J connectivity index is 2.05. The van der Waals surface area contributed by atoms with Gasteiger partial charge >= 0.3 is 12.0 Å². The highest BCUT2D eigenvalue weighted by Gasteiger charge is 2.42. The summed E-state index contributed by atoms with van der Waals surface area (Å²) in [6.07, 6.45) is 5.58. The van der Waals surface area contributed by atoms with Crippen LogP contribution in [0.3, 0.4) is 0 Å². The second kappa shape index (κ2) is 6.64. The number of nitrogens with zero attached hydrogens (tertiary/aromatic N) is 1. The Morgan fingerprint density at radius 3 is 2.33 bits per heavy atom. The second-order valence-corrected chi connectivity index (χ2v) is 6.27. The van der Waals surface area contributed by atoms with Crippen LogP contribution >= 0.6 is 0 Å². The Bertz CT molecular complexity index is 391. The molecule has 2 N–H and O–H groups in total. The lowest BCUT2D eigenvalue weighted by atomic mass is 9.90. The number of carbonyl (C=O) groups is 2. The van der Waals surface area contributed by atoms with Crippen LogP contribution in [-0.2, 0) is 9.53 Å². The van der Waals surface area contributed by atoms with Crippen LogP contribution in [-0.4, -0.2) is 53.3 Å². The van der Waals surface area contributed by atoms with Gasteiger partial charge in [-0.15, -0.1) is 0 Å². The first-order chi connectivity index (χ1) is 9.96. The van der Waals surface area contributed by atoms with E-state index in [4.69, 9.17) is 4.74 Å². The minimum atomic E-state index is -1.11. The van der Waals surface area contributed by atoms with Gasteiger partial charge in [-0.25, -0.2) is 9.59 Å². The third-order valence-corrected chi connectivity index (χ3v) is 4.87. The molecule has 1 heterocycles. The van der Waals surface area contributed by atoms with Crippen LogP contribution < -0.4 is 5.32 Å². The Morgan fingerprint density at radius 1 is 1.24 bits per heavy atom. The molecule has 2 unspecified atom stereocenters. The van der Waals surface area contributed by atoms with E-state index in [-0.39, 0.29) is 18.2 Å². The number of amides is 2. The molecule has 6 nitrogen and oxygen atoms in total. The number of carbonyl (C=O) groups excluding carboxylic acids is 1. The number of rotatable bonds is 3. The fourth-order valence-corrected chi connectivity index (χ4v) is 3.40. The van der Waals surface area contributed by atoms with Crippen molar-refractivity contribution in [2.75, 3.05) is 13.7 Å². The van der Waals surface area contributed by atoms with Crippen molar-refractivity contribution in [1.29, 1.82) is 0 Å². The number of carboxylic acid groups (broad SMARTS) is 1. The molecule has 1 aliphatic heterocycles. The highest BCUT2D eigenvalue weighted by Crippen LogP contribution is 2.28. The lowest BCUT2D eigenvalue weighted by Crippen LogP contribution is -2.59. The number of carboxylic acids is 1. The average molecular weight is 298 g/mol. The van der Waals surface area contributed by atoms with Crippen molar-refractivity contribution in [3.8, 4) is 0 Å². The molecule has 0 aromatic heterocycles. The van der Waals surface area contributed by atoms with Crippen molar-refractivity contribution in [2.45, 2.75) is 69.6 Å². The van der Waals surface area contributed by atoms with Gasteiger partial charge in [-0.05, 0) is 26.2 Å². The lowest BCUT2D eigenvalue weighted by molar-refractivity contribution is -0.145. The molecular weight excluding hydrogens is 272 g/mol. The summed E-state index contributed by atoms with van der Waals surface area (Å²) >= 11 is 0. The van der Waals surface area contributed by atoms with Crippen LogP contribution in [0.25, 0.3) is 0 Å². The van der Waals surface area contributed by atoms with Gasteiger partial charge < -0.3 is 20.1 Å². The molecule has 2 atom stereocenters. The monoisotopic (exact) mass is 298 g/mol. The highest BCUT2D eigenvalue weighted by molar-refractivity contribution is 5.86. The quantitative estimate of drug-likeness (QED) is 0.781. The van der Waals surface area contributed by atoms with Gasteiger partial charge in [0.2, 0.25) is 0 Å². The molecule has 2 aliphatic rings. The molecule has 0 spiro atoms. The smallest absolute Gasteiger partial charge is 0.329 e. The number of hydrogen-bond acceptors (Lipinski definition) is 3. The topological polar surface area (TPSA) is 78.9 Å². The third-order valence-electron chi connectivity index (χ3n) is 4.87. The molecule has 0 aromatic rings. The van der Waals surface area contributed by atoms with E-state index in [1.165, 1.54) is 0 Å². The predicted molar refractivity (Wildman–Crippen MR) is 78.2 cm³/mol. The molecule has 21 heavy (non-hydrogen) atoms. The zero-order chi connectivity index (χ0) is 15.5. The Labute approximate surface area is 125 Å². The van der Waals surface area contributed by atoms with E-state index in [0.717, 1.165) is 32.1 Å². The van der Waals surface area contributed by atoms with Gasteiger partial charge in [0.1, 0.15) is 5.54 Å². The van der Waals surface area contributed by atoms with E-state index in [2.05, 4.69) is 5.32 Å². The van der Waals surface area contributed by atoms with Crippen LogP contribution in [0.5, 0.6) is 0 Å². The highest BCUT2D eigenvalue weighted by atomic mass is 16.5. The summed E-state index contributed by atoms with van der Waals surface area (Å²) in [6.45, 7) is 2.59. The Morgan fingerprint density at radius 2 is 1.86 bits per heavy atom. The van der Waals surface area contributed by atoms with Crippen LogP contribution in [0, 0.1) is 0 Å². The fourth-order valence-electron chi connectivity index (χ4n) is 3.40. The van der Waals surface area contributed by atoms with Gasteiger partial charge in [0.05, 0.1) is 12.1 Å². The number of urea groups is 1. The molecule has 0 radical (unpaired) electrons. The van der Waals surface area contributed by atoms with Crippen molar-refractivity contribution in [3.63, 3.8) is 0 Å². The number of aliphatic carboxylic acids is 1. The third kappa shape index (κ3) is 3.48. The van der Waals surface area contributed by atoms with Crippen molar-refractivity contribution in [1.82, 2.24) is 10.2 Å². The molecule has 2 amide bonds. The SMILES string of the molecule is CC1OCCC1N(C)C(=O)NC1(C(=O)O)CCCCCC1. The first-order valence-electron chi connectivity index (χ1n) is 7.86. The van der Waals surface area contributed by atoms with Crippen molar-refractivity contribution >= 4 is 12.0 Å². The van der Waals surface area contributed by atoms with Crippen molar-refractivity contribution in [3.05, 3.63) is 0 Å². The summed E-state index contributed by atoms with van der Waals surface area (Å²) in [5.41, 5.74) is -1.11. The van der Waals surface area contributed by atoms with Gasteiger partial charge in [0, 0.05) is 13.7 Å². The summed E-state index contributed by atoms with van der Waals surface area (Å²) in [4.78, 5) is 25.8. The van der Waals surface area contributed by atoms with Crippen molar-refractivity contribution < 1.29 is 19.4 Å². The molecule has 1 saturated heterocycles. The number of ether oxygens (including phenoxy) is 1. The largest absolute Gasteiger partial charge is 0.480 e. The first-order valence-corrected chi connectivity index (χ1v) is 7.86. The first kappa shape index (κ1) is 16.1. The zero-order valence-corrected chi connectivity index (χ0v) is 12.9. The summed E-state index contributed by atoms with van der Waals surface area (Å²) in [5, 5.41) is 12.4. The summed E-state index contributed by atoms with van der Waals surface area (Å²) < 4.78 is 5.48. The van der Waals surface area contributed by atoms with E-state index in [1.54, 1.807) is 11.9 Å². The van der Waals surface area contributed by atoms with Gasteiger partial charge in [-0.2, -0.15) is 0 Å². The minimum Gasteiger partial charge on any atom is -0.480 e. The van der Waals surface area contributed by atoms with Gasteiger partial charge in [0.15, 0.2) is 0 Å². The summed E-state index contributed by atoms with van der Waals surface area (Å²) in [5.74, 6) is -0.915. The maximum absolute atomic E-state index is 12.5. The number of nitrogens with one attached hydrogen (secondary N) is 1. The molecule has 1 saturated carbocycles. The Hall–Kier alpha value is -1.30. The van der Waals surface area contributed by atoms with E-state index >= 15 is 0 Å². The summed E-state index contributed by atoms with van der Waals surface area (Å²) in [6, 6.07) is -0.289. The van der Waals surface area contributed by atoms with Crippen LogP contribution in [0.1, 0.15) is 51.9 Å². The second-order valence-electron chi connectivity index (χ2n) is 6.27. The lowest BCUT2D eigenvalue weighted by Gasteiger charge is -2.34. The molecule has 2 rings (SSSR count). The minimum absolute atomic E-state index is 0.00402. The van der Waals surface area contributed by atoms with Crippen LogP contribution in [0.15, 0.2) is 0 Å². The fraction of sp³-hybridized carbons (Fsp3) is 0.867. The number of hydrogen-bond donors (Lipinski definition) is 2. The van der Waals surface area contributed by atoms with Gasteiger partial charge in [-0.3, -0.25) is 0 Å². The van der Waals surface area contributed by atoms with E-state index in [0.29, 0.717) is 19.4 Å². The predicted octanol–water partition coefficient (Wildman–Crippen LogP) is 1.98. The van der Waals surface area contributed by atoms with E-state index in [1.807, 2.05) is 6.92 Å². The standard InChI is InChI=1S/C15H26N2O4/c1-11-12(7-10-21-11)17(2)14(20)16-15(13(18)19)8-5-3-4-6-9-15/h11-12H,3-10H2,1-2H3,(H,16,20)(H,18,19). The maximum atomic E-state index is 12.5. The molecular formula is C15H26N2O4. The number of likely N-dealkylation sites (N-methyl/N-ethyl adjacent to an activating group) is 1. The summed E-state index contributed by atoms with van der Waals surface area (Å²) in [7, 11) is 1.72. The van der Waals surface area contributed by atoms with Gasteiger partial charge in [-0.1, -0.05) is 25.7 Å². The van der Waals surface area contributed by atoms with E-state index in [9.17, 15) is 14.7 Å². The van der Waals surface area contributed by atoms with Crippen LogP contribution in [0.2, 0.25) is 0 Å². The molecule has 120 valence electrons. The average Bonchev–Trinajstić information content (AvgIpc) is 2.72. The molecule has 1 aliphatic carbocycles. The normalized spacial score (nSPS) is 28.7. The maximum Gasteiger partial charge on any atom is 0.329 e. The van der Waals surface area contributed by atoms with Crippen molar-refractivity contribution in [2.24, 2.45) is 0 Å². The van der Waals surface area contributed by atoms with Crippen LogP contribution in [0.4, 0.5) is 4.79 Å².